The molecular weight excluding hydrogens is 367 g/mol. The van der Waals surface area contributed by atoms with Gasteiger partial charge in [0.05, 0.1) is 5.56 Å². The van der Waals surface area contributed by atoms with Crippen molar-refractivity contribution in [2.75, 3.05) is 19.8 Å². The van der Waals surface area contributed by atoms with Gasteiger partial charge in [-0.1, -0.05) is 12.1 Å². The van der Waals surface area contributed by atoms with Gasteiger partial charge in [0.15, 0.2) is 13.2 Å². The second kappa shape index (κ2) is 10.1. The number of esters is 1. The molecule has 0 saturated heterocycles. The molecule has 0 aromatic heterocycles. The topological polar surface area (TPSA) is 98.9 Å². The molecule has 0 unspecified atom stereocenters. The van der Waals surface area contributed by atoms with Crippen molar-refractivity contribution in [1.82, 2.24) is 4.90 Å². The van der Waals surface area contributed by atoms with Crippen molar-refractivity contribution in [1.29, 1.82) is 0 Å². The van der Waals surface area contributed by atoms with Gasteiger partial charge in [-0.3, -0.25) is 9.59 Å². The number of likely N-dealkylation sites (N-methyl/N-ethyl adjacent to an activating group) is 1. The fraction of sp³-hybridized carbons (Fsp3) is 0.250. The van der Waals surface area contributed by atoms with Crippen LogP contribution in [0.5, 0.6) is 5.75 Å². The van der Waals surface area contributed by atoms with E-state index in [0.29, 0.717) is 17.9 Å². The molecule has 0 heterocycles. The molecule has 0 atom stereocenters. The largest absolute Gasteiger partial charge is 0.484 e. The molecule has 2 aromatic carbocycles. The van der Waals surface area contributed by atoms with Crippen LogP contribution in [0, 0.1) is 5.82 Å². The average molecular weight is 388 g/mol. The number of carbonyl (C=O) groups is 3. The Bertz CT molecular complexity index is 839. The number of carbonyl (C=O) groups excluding carboxylic acids is 3. The maximum Gasteiger partial charge on any atom is 0.338 e. The third-order valence-corrected chi connectivity index (χ3v) is 3.79. The first-order valence-corrected chi connectivity index (χ1v) is 8.59. The van der Waals surface area contributed by atoms with Crippen molar-refractivity contribution >= 4 is 17.8 Å². The zero-order valence-electron chi connectivity index (χ0n) is 15.4. The molecule has 28 heavy (non-hydrogen) atoms. The summed E-state index contributed by atoms with van der Waals surface area (Å²) in [5, 5.41) is 0. The second-order valence-electron chi connectivity index (χ2n) is 5.89. The molecule has 0 aliphatic rings. The first kappa shape index (κ1) is 20.9. The number of hydrogen-bond donors (Lipinski definition) is 1. The molecule has 2 N–H and O–H groups in total. The smallest absolute Gasteiger partial charge is 0.338 e. The van der Waals surface area contributed by atoms with E-state index in [0.717, 1.165) is 0 Å². The Morgan fingerprint density at radius 1 is 1.07 bits per heavy atom. The second-order valence-corrected chi connectivity index (χ2v) is 5.89. The van der Waals surface area contributed by atoms with E-state index in [-0.39, 0.29) is 30.4 Å². The summed E-state index contributed by atoms with van der Waals surface area (Å²) in [4.78, 5) is 36.5. The van der Waals surface area contributed by atoms with Crippen molar-refractivity contribution in [3.8, 4) is 5.75 Å². The number of nitrogens with two attached hydrogens (primary N) is 1. The highest BCUT2D eigenvalue weighted by Gasteiger charge is 2.16. The summed E-state index contributed by atoms with van der Waals surface area (Å²) in [6, 6.07) is 11.8. The van der Waals surface area contributed by atoms with Crippen LogP contribution in [0.25, 0.3) is 0 Å². The van der Waals surface area contributed by atoms with Gasteiger partial charge in [0.25, 0.3) is 11.8 Å². The SMILES string of the molecule is CCN(Cc1cccc(F)c1)C(=O)COC(=O)c1ccc(OCC(N)=O)cc1. The number of rotatable bonds is 9. The molecule has 148 valence electrons. The van der Waals surface area contributed by atoms with E-state index in [1.165, 1.54) is 41.3 Å². The first-order chi connectivity index (χ1) is 13.4. The normalized spacial score (nSPS) is 10.2. The van der Waals surface area contributed by atoms with Crippen LogP contribution >= 0.6 is 0 Å². The molecule has 2 rings (SSSR count). The predicted octanol–water partition coefficient (Wildman–Crippen LogP) is 1.90. The minimum absolute atomic E-state index is 0.219. The third kappa shape index (κ3) is 6.39. The Balaban J connectivity index is 1.88. The summed E-state index contributed by atoms with van der Waals surface area (Å²) in [6.07, 6.45) is 0. The summed E-state index contributed by atoms with van der Waals surface area (Å²) < 4.78 is 23.4. The molecule has 2 aromatic rings. The lowest BCUT2D eigenvalue weighted by Crippen LogP contribution is -2.34. The minimum Gasteiger partial charge on any atom is -0.484 e. The van der Waals surface area contributed by atoms with Crippen LogP contribution in [0.2, 0.25) is 0 Å². The maximum atomic E-state index is 13.3. The molecule has 8 heteroatoms. The van der Waals surface area contributed by atoms with Gasteiger partial charge in [0.1, 0.15) is 11.6 Å². The van der Waals surface area contributed by atoms with Crippen LogP contribution in [-0.2, 0) is 20.9 Å². The first-order valence-electron chi connectivity index (χ1n) is 8.59. The van der Waals surface area contributed by atoms with Crippen molar-refractivity contribution in [2.45, 2.75) is 13.5 Å². The van der Waals surface area contributed by atoms with Crippen molar-refractivity contribution < 1.29 is 28.2 Å². The Hall–Kier alpha value is -3.42. The van der Waals surface area contributed by atoms with Crippen LogP contribution in [0.4, 0.5) is 4.39 Å². The average Bonchev–Trinajstić information content (AvgIpc) is 2.68. The van der Waals surface area contributed by atoms with E-state index < -0.39 is 18.5 Å². The minimum atomic E-state index is -0.670. The van der Waals surface area contributed by atoms with Gasteiger partial charge in [-0.05, 0) is 48.9 Å². The summed E-state index contributed by atoms with van der Waals surface area (Å²) in [5.74, 6) is -1.67. The van der Waals surface area contributed by atoms with Gasteiger partial charge in [-0.2, -0.15) is 0 Å². The Morgan fingerprint density at radius 2 is 1.79 bits per heavy atom. The fourth-order valence-electron chi connectivity index (χ4n) is 2.38. The predicted molar refractivity (Wildman–Crippen MR) is 98.9 cm³/mol. The van der Waals surface area contributed by atoms with E-state index in [1.54, 1.807) is 19.1 Å². The van der Waals surface area contributed by atoms with Crippen molar-refractivity contribution in [3.05, 3.63) is 65.5 Å². The van der Waals surface area contributed by atoms with Gasteiger partial charge < -0.3 is 20.1 Å². The number of hydrogen-bond acceptors (Lipinski definition) is 5. The number of nitrogens with zero attached hydrogens (tertiary/aromatic N) is 1. The van der Waals surface area contributed by atoms with Crippen LogP contribution in [0.15, 0.2) is 48.5 Å². The van der Waals surface area contributed by atoms with E-state index in [2.05, 4.69) is 0 Å². The highest BCUT2D eigenvalue weighted by molar-refractivity contribution is 5.91. The van der Waals surface area contributed by atoms with Crippen LogP contribution in [0.3, 0.4) is 0 Å². The van der Waals surface area contributed by atoms with Gasteiger partial charge >= 0.3 is 5.97 Å². The van der Waals surface area contributed by atoms with Gasteiger partial charge in [0.2, 0.25) is 0 Å². The number of halogens is 1. The monoisotopic (exact) mass is 388 g/mol. The van der Waals surface area contributed by atoms with Crippen molar-refractivity contribution in [2.24, 2.45) is 5.73 Å². The van der Waals surface area contributed by atoms with Gasteiger partial charge in [-0.15, -0.1) is 0 Å². The molecule has 2 amide bonds. The third-order valence-electron chi connectivity index (χ3n) is 3.79. The molecular formula is C20H21FN2O5. The Labute approximate surface area is 161 Å². The summed E-state index contributed by atoms with van der Waals surface area (Å²) in [7, 11) is 0. The van der Waals surface area contributed by atoms with E-state index in [1.807, 2.05) is 0 Å². The zero-order valence-corrected chi connectivity index (χ0v) is 15.4. The van der Waals surface area contributed by atoms with Gasteiger partial charge in [0, 0.05) is 13.1 Å². The lowest BCUT2D eigenvalue weighted by atomic mass is 10.2. The Morgan fingerprint density at radius 3 is 2.39 bits per heavy atom. The highest BCUT2D eigenvalue weighted by Crippen LogP contribution is 2.13. The summed E-state index contributed by atoms with van der Waals surface area (Å²) in [6.45, 7) is 1.69. The molecule has 0 saturated carbocycles. The van der Waals surface area contributed by atoms with E-state index >= 15 is 0 Å². The fourth-order valence-corrected chi connectivity index (χ4v) is 2.38. The lowest BCUT2D eigenvalue weighted by Gasteiger charge is -2.21. The van der Waals surface area contributed by atoms with Crippen LogP contribution in [-0.4, -0.2) is 42.4 Å². The summed E-state index contributed by atoms with van der Waals surface area (Å²) >= 11 is 0. The van der Waals surface area contributed by atoms with Crippen molar-refractivity contribution in [3.63, 3.8) is 0 Å². The molecule has 0 spiro atoms. The zero-order chi connectivity index (χ0) is 20.5. The molecule has 0 aliphatic carbocycles. The molecule has 0 bridgehead atoms. The molecule has 7 nitrogen and oxygen atoms in total. The highest BCUT2D eigenvalue weighted by atomic mass is 19.1. The summed E-state index contributed by atoms with van der Waals surface area (Å²) in [5.41, 5.74) is 5.86. The van der Waals surface area contributed by atoms with E-state index in [4.69, 9.17) is 15.2 Å². The number of benzene rings is 2. The van der Waals surface area contributed by atoms with Crippen LogP contribution in [0.1, 0.15) is 22.8 Å². The lowest BCUT2D eigenvalue weighted by molar-refractivity contribution is -0.135. The number of ether oxygens (including phenoxy) is 2. The van der Waals surface area contributed by atoms with E-state index in [9.17, 15) is 18.8 Å². The maximum absolute atomic E-state index is 13.3. The van der Waals surface area contributed by atoms with Gasteiger partial charge in [-0.25, -0.2) is 9.18 Å². The molecule has 0 aliphatic heterocycles. The standard InChI is InChI=1S/C20H21FN2O5/c1-2-23(11-14-4-3-5-16(21)10-14)19(25)13-28-20(26)15-6-8-17(9-7-15)27-12-18(22)24/h3-10H,2,11-13H2,1H3,(H2,22,24). The molecule has 0 fully saturated rings. The van der Waals surface area contributed by atoms with Crippen LogP contribution < -0.4 is 10.5 Å². The molecule has 0 radical (unpaired) electrons. The quantitative estimate of drug-likeness (QED) is 0.662. The number of amides is 2. The number of primary amides is 1. The Kier molecular flexibility index (Phi) is 7.50.